The quantitative estimate of drug-likeness (QED) is 0.513. The predicted molar refractivity (Wildman–Crippen MR) is 113 cm³/mol. The van der Waals surface area contributed by atoms with E-state index in [4.69, 9.17) is 9.15 Å². The van der Waals surface area contributed by atoms with Crippen LogP contribution in [0.3, 0.4) is 0 Å². The second kappa shape index (κ2) is 7.14. The fourth-order valence-electron chi connectivity index (χ4n) is 3.15. The number of benzene rings is 3. The second-order valence-electron chi connectivity index (χ2n) is 6.56. The average Bonchev–Trinajstić information content (AvgIpc) is 3.03. The number of hydrogen-bond acceptors (Lipinski definition) is 5. The molecule has 29 heavy (non-hydrogen) atoms. The number of furan rings is 1. The summed E-state index contributed by atoms with van der Waals surface area (Å²) in [7, 11) is -1.92. The summed E-state index contributed by atoms with van der Waals surface area (Å²) in [6, 6.07) is 17.4. The van der Waals surface area contributed by atoms with Gasteiger partial charge in [-0.05, 0) is 30.3 Å². The van der Waals surface area contributed by atoms with Gasteiger partial charge in [-0.25, -0.2) is 8.42 Å². The summed E-state index contributed by atoms with van der Waals surface area (Å²) in [4.78, 5) is 12.7. The number of fused-ring (bicyclic) bond motifs is 3. The van der Waals surface area contributed by atoms with Crippen LogP contribution in [-0.2, 0) is 10.0 Å². The van der Waals surface area contributed by atoms with Crippen LogP contribution in [0.15, 0.2) is 65.1 Å². The molecule has 8 heteroatoms. The Balaban J connectivity index is 1.69. The van der Waals surface area contributed by atoms with Gasteiger partial charge in [-0.15, -0.1) is 0 Å². The highest BCUT2D eigenvalue weighted by Crippen LogP contribution is 2.36. The minimum atomic E-state index is -3.44. The first kappa shape index (κ1) is 18.8. The lowest BCUT2D eigenvalue weighted by Gasteiger charge is -2.11. The van der Waals surface area contributed by atoms with Crippen molar-refractivity contribution in [3.05, 3.63) is 66.2 Å². The van der Waals surface area contributed by atoms with Gasteiger partial charge in [0.25, 0.3) is 5.91 Å². The Hall–Kier alpha value is -3.52. The first-order valence-electron chi connectivity index (χ1n) is 8.72. The third kappa shape index (κ3) is 3.88. The molecule has 4 aromatic rings. The van der Waals surface area contributed by atoms with E-state index in [-0.39, 0.29) is 0 Å². The number of amides is 1. The van der Waals surface area contributed by atoms with Crippen LogP contribution in [0.2, 0.25) is 0 Å². The summed E-state index contributed by atoms with van der Waals surface area (Å²) in [6.07, 6.45) is 1.05. The zero-order valence-electron chi connectivity index (χ0n) is 15.7. The fourth-order valence-corrected chi connectivity index (χ4v) is 3.71. The molecule has 0 saturated heterocycles. The van der Waals surface area contributed by atoms with Crippen LogP contribution < -0.4 is 14.8 Å². The van der Waals surface area contributed by atoms with Crippen LogP contribution in [-0.4, -0.2) is 27.7 Å². The van der Waals surface area contributed by atoms with Crippen molar-refractivity contribution in [2.24, 2.45) is 0 Å². The maximum Gasteiger partial charge on any atom is 0.255 e. The number of nitrogens with one attached hydrogen (secondary N) is 2. The van der Waals surface area contributed by atoms with Crippen molar-refractivity contribution in [2.45, 2.75) is 0 Å². The van der Waals surface area contributed by atoms with E-state index in [0.29, 0.717) is 28.3 Å². The van der Waals surface area contributed by atoms with E-state index in [1.54, 1.807) is 24.3 Å². The van der Waals surface area contributed by atoms with E-state index < -0.39 is 15.9 Å². The molecule has 0 spiro atoms. The molecule has 148 valence electrons. The Kier molecular flexibility index (Phi) is 4.63. The number of carbonyl (C=O) groups excluding carboxylic acids is 1. The first-order chi connectivity index (χ1) is 13.8. The van der Waals surface area contributed by atoms with E-state index in [9.17, 15) is 13.2 Å². The normalized spacial score (nSPS) is 11.5. The van der Waals surface area contributed by atoms with Gasteiger partial charge in [-0.3, -0.25) is 9.52 Å². The molecule has 0 fully saturated rings. The molecule has 0 aliphatic carbocycles. The van der Waals surface area contributed by atoms with Crippen molar-refractivity contribution in [2.75, 3.05) is 23.4 Å². The largest absolute Gasteiger partial charge is 0.495 e. The van der Waals surface area contributed by atoms with Gasteiger partial charge in [-0.2, -0.15) is 0 Å². The third-order valence-corrected chi connectivity index (χ3v) is 4.98. The minimum absolute atomic E-state index is 0.297. The number of para-hydroxylation sites is 1. The monoisotopic (exact) mass is 410 g/mol. The van der Waals surface area contributed by atoms with Crippen LogP contribution in [0.1, 0.15) is 10.4 Å². The fraction of sp³-hybridized carbons (Fsp3) is 0.0952. The third-order valence-electron chi connectivity index (χ3n) is 4.38. The van der Waals surface area contributed by atoms with Crippen LogP contribution >= 0.6 is 0 Å². The van der Waals surface area contributed by atoms with Crippen molar-refractivity contribution < 1.29 is 22.4 Å². The first-order valence-corrected chi connectivity index (χ1v) is 10.6. The zero-order chi connectivity index (χ0) is 20.6. The smallest absolute Gasteiger partial charge is 0.255 e. The zero-order valence-corrected chi connectivity index (χ0v) is 16.5. The number of anilines is 2. The predicted octanol–water partition coefficient (Wildman–Crippen LogP) is 4.22. The molecule has 0 atom stereocenters. The van der Waals surface area contributed by atoms with Crippen LogP contribution in [0, 0.1) is 0 Å². The molecule has 4 rings (SSSR count). The van der Waals surface area contributed by atoms with E-state index >= 15 is 0 Å². The van der Waals surface area contributed by atoms with Crippen LogP contribution in [0.25, 0.3) is 21.9 Å². The highest BCUT2D eigenvalue weighted by atomic mass is 32.2. The van der Waals surface area contributed by atoms with Crippen molar-refractivity contribution in [3.8, 4) is 5.75 Å². The highest BCUT2D eigenvalue weighted by molar-refractivity contribution is 7.92. The Morgan fingerprint density at radius 3 is 2.52 bits per heavy atom. The van der Waals surface area contributed by atoms with Crippen molar-refractivity contribution >= 4 is 49.2 Å². The molecule has 1 aromatic heterocycles. The van der Waals surface area contributed by atoms with Crippen molar-refractivity contribution in [1.82, 2.24) is 0 Å². The number of carbonyl (C=O) groups is 1. The maximum atomic E-state index is 12.7. The number of hydrogen-bond donors (Lipinski definition) is 2. The van der Waals surface area contributed by atoms with Gasteiger partial charge in [0.05, 0.1) is 19.1 Å². The molecular formula is C21H18N2O5S. The summed E-state index contributed by atoms with van der Waals surface area (Å²) in [6.45, 7) is 0. The molecule has 0 aliphatic heterocycles. The number of sulfonamides is 1. The van der Waals surface area contributed by atoms with Crippen LogP contribution in [0.4, 0.5) is 11.4 Å². The summed E-state index contributed by atoms with van der Waals surface area (Å²) < 4.78 is 36.5. The summed E-state index contributed by atoms with van der Waals surface area (Å²) >= 11 is 0. The van der Waals surface area contributed by atoms with E-state index in [0.717, 1.165) is 22.6 Å². The summed E-state index contributed by atoms with van der Waals surface area (Å²) in [5.74, 6) is 0.0822. The average molecular weight is 410 g/mol. The molecule has 0 bridgehead atoms. The molecule has 1 amide bonds. The maximum absolute atomic E-state index is 12.7. The topological polar surface area (TPSA) is 97.6 Å². The minimum Gasteiger partial charge on any atom is -0.495 e. The highest BCUT2D eigenvalue weighted by Gasteiger charge is 2.15. The van der Waals surface area contributed by atoms with Crippen molar-refractivity contribution in [3.63, 3.8) is 0 Å². The Morgan fingerprint density at radius 1 is 0.966 bits per heavy atom. The van der Waals surface area contributed by atoms with Gasteiger partial charge >= 0.3 is 0 Å². The summed E-state index contributed by atoms with van der Waals surface area (Å²) in [5.41, 5.74) is 2.41. The van der Waals surface area contributed by atoms with Gasteiger partial charge in [0.1, 0.15) is 16.9 Å². The molecule has 0 unspecified atom stereocenters. The molecule has 0 radical (unpaired) electrons. The molecule has 0 aliphatic rings. The number of ether oxygens (including phenoxy) is 1. The Bertz CT molecular complexity index is 1340. The number of rotatable bonds is 5. The molecule has 3 aromatic carbocycles. The van der Waals surface area contributed by atoms with Crippen LogP contribution in [0.5, 0.6) is 5.75 Å². The molecule has 1 heterocycles. The Morgan fingerprint density at radius 2 is 1.76 bits per heavy atom. The van der Waals surface area contributed by atoms with Gasteiger partial charge in [0.2, 0.25) is 10.0 Å². The van der Waals surface area contributed by atoms with Gasteiger partial charge < -0.3 is 14.5 Å². The van der Waals surface area contributed by atoms with Gasteiger partial charge in [0, 0.05) is 28.1 Å². The molecule has 7 nitrogen and oxygen atoms in total. The molecular weight excluding hydrogens is 392 g/mol. The van der Waals surface area contributed by atoms with E-state index in [1.165, 1.54) is 13.2 Å². The lowest BCUT2D eigenvalue weighted by Crippen LogP contribution is -2.14. The van der Waals surface area contributed by atoms with Crippen molar-refractivity contribution in [1.29, 1.82) is 0 Å². The standard InChI is InChI=1S/C21H18N2O5S/c1-27-20-11-16-15-8-3-4-9-18(15)28-19(16)12-17(20)22-21(24)13-6-5-7-14(10-13)23-29(2,25)26/h3-12,23H,1-2H3,(H,22,24). The van der Waals surface area contributed by atoms with Gasteiger partial charge in [-0.1, -0.05) is 24.3 Å². The lowest BCUT2D eigenvalue weighted by molar-refractivity contribution is 0.102. The lowest BCUT2D eigenvalue weighted by atomic mass is 10.1. The van der Waals surface area contributed by atoms with Gasteiger partial charge in [0.15, 0.2) is 0 Å². The molecule has 2 N–H and O–H groups in total. The molecule has 0 saturated carbocycles. The number of methoxy groups -OCH3 is 1. The summed E-state index contributed by atoms with van der Waals surface area (Å²) in [5, 5.41) is 4.64. The van der Waals surface area contributed by atoms with E-state index in [2.05, 4.69) is 10.0 Å². The second-order valence-corrected chi connectivity index (χ2v) is 8.30. The SMILES string of the molecule is COc1cc2c(cc1NC(=O)c1cccc(NS(C)(=O)=O)c1)oc1ccccc12. The Labute approximate surface area is 167 Å². The van der Waals surface area contributed by atoms with E-state index in [1.807, 2.05) is 30.3 Å².